The summed E-state index contributed by atoms with van der Waals surface area (Å²) >= 11 is 0. The smallest absolute Gasteiger partial charge is 0.306 e. The van der Waals surface area contributed by atoms with Crippen molar-refractivity contribution < 1.29 is 32.5 Å². The lowest BCUT2D eigenvalue weighted by molar-refractivity contribution is -0.146. The number of imide groups is 1. The molecule has 1 saturated carbocycles. The first kappa shape index (κ1) is 14.9. The van der Waals surface area contributed by atoms with Crippen LogP contribution < -0.4 is 0 Å². The summed E-state index contributed by atoms with van der Waals surface area (Å²) in [4.78, 5) is 33.1. The molecular weight excluding hydrogens is 290 g/mol. The van der Waals surface area contributed by atoms with Crippen LogP contribution >= 0.6 is 0 Å². The number of carboxylic acids is 1. The van der Waals surface area contributed by atoms with Crippen molar-refractivity contribution in [1.29, 1.82) is 0 Å². The lowest BCUT2D eigenvalue weighted by Crippen LogP contribution is -2.58. The molecule has 20 heavy (non-hydrogen) atoms. The van der Waals surface area contributed by atoms with E-state index in [1.54, 1.807) is 0 Å². The van der Waals surface area contributed by atoms with Gasteiger partial charge in [-0.25, -0.2) is 0 Å². The summed E-state index contributed by atoms with van der Waals surface area (Å²) in [7, 11) is -4.69. The zero-order valence-corrected chi connectivity index (χ0v) is 11.4. The van der Waals surface area contributed by atoms with Crippen LogP contribution in [0.25, 0.3) is 0 Å². The molecule has 0 atom stereocenters. The molecule has 0 aromatic heterocycles. The van der Waals surface area contributed by atoms with Crippen LogP contribution in [0.15, 0.2) is 0 Å². The summed E-state index contributed by atoms with van der Waals surface area (Å²) < 4.78 is 32.9. The zero-order chi connectivity index (χ0) is 15.1. The Morgan fingerprint density at radius 3 is 1.95 bits per heavy atom. The highest BCUT2D eigenvalue weighted by Crippen LogP contribution is 2.42. The number of carbonyl (C=O) groups is 3. The van der Waals surface area contributed by atoms with Gasteiger partial charge < -0.3 is 5.11 Å². The lowest BCUT2D eigenvalue weighted by Gasteiger charge is -2.41. The van der Waals surface area contributed by atoms with Gasteiger partial charge in [-0.05, 0) is 25.7 Å². The molecule has 0 aromatic carbocycles. The summed E-state index contributed by atoms with van der Waals surface area (Å²) in [6.45, 7) is 0. The molecule has 0 radical (unpaired) electrons. The molecule has 1 aliphatic heterocycles. The Labute approximate surface area is 115 Å². The first-order chi connectivity index (χ1) is 9.19. The molecule has 2 rings (SSSR count). The second-order valence-electron chi connectivity index (χ2n) is 5.16. The Morgan fingerprint density at radius 1 is 1.15 bits per heavy atom. The number of hydrogen-bond acceptors (Lipinski definition) is 5. The van der Waals surface area contributed by atoms with Crippen LogP contribution in [0.4, 0.5) is 0 Å². The van der Waals surface area contributed by atoms with Crippen molar-refractivity contribution in [2.75, 3.05) is 0 Å². The van der Waals surface area contributed by atoms with Crippen LogP contribution in [0.3, 0.4) is 0 Å². The number of aliphatic carboxylic acids is 1. The Hall–Kier alpha value is -1.48. The highest BCUT2D eigenvalue weighted by molar-refractivity contribution is 7.87. The SMILES string of the molecule is O=C(O)C1CCC(N2C(=O)CCC2=O)(S(=O)(=O)O)CC1. The van der Waals surface area contributed by atoms with Crippen molar-refractivity contribution in [2.45, 2.75) is 43.4 Å². The Morgan fingerprint density at radius 2 is 1.60 bits per heavy atom. The molecule has 2 amide bonds. The normalized spacial score (nSPS) is 31.6. The van der Waals surface area contributed by atoms with Crippen molar-refractivity contribution in [3.8, 4) is 0 Å². The lowest BCUT2D eigenvalue weighted by atomic mass is 9.85. The van der Waals surface area contributed by atoms with Gasteiger partial charge in [0.1, 0.15) is 0 Å². The molecule has 0 aromatic rings. The number of nitrogens with zero attached hydrogens (tertiary/aromatic N) is 1. The van der Waals surface area contributed by atoms with Crippen molar-refractivity contribution in [2.24, 2.45) is 5.92 Å². The van der Waals surface area contributed by atoms with Crippen LogP contribution in [0.5, 0.6) is 0 Å². The maximum absolute atomic E-state index is 11.8. The summed E-state index contributed by atoms with van der Waals surface area (Å²) in [5, 5.41) is 8.92. The minimum Gasteiger partial charge on any atom is -0.481 e. The van der Waals surface area contributed by atoms with Gasteiger partial charge in [-0.3, -0.25) is 23.8 Å². The fourth-order valence-electron chi connectivity index (χ4n) is 2.94. The largest absolute Gasteiger partial charge is 0.481 e. The fraction of sp³-hybridized carbons (Fsp3) is 0.727. The minimum absolute atomic E-state index is 0.00775. The highest BCUT2D eigenvalue weighted by Gasteiger charge is 2.56. The van der Waals surface area contributed by atoms with E-state index in [2.05, 4.69) is 0 Å². The molecule has 1 saturated heterocycles. The van der Waals surface area contributed by atoms with Gasteiger partial charge >= 0.3 is 5.97 Å². The summed E-state index contributed by atoms with van der Waals surface area (Å²) in [5.41, 5.74) is 0. The average Bonchev–Trinajstić information content (AvgIpc) is 2.68. The highest BCUT2D eigenvalue weighted by atomic mass is 32.2. The van der Waals surface area contributed by atoms with Crippen molar-refractivity contribution in [3.63, 3.8) is 0 Å². The molecule has 9 heteroatoms. The molecule has 1 heterocycles. The number of likely N-dealkylation sites (tertiary alicyclic amines) is 1. The predicted octanol–water partition coefficient (Wildman–Crippen LogP) is -0.00570. The van der Waals surface area contributed by atoms with Crippen LogP contribution in [-0.4, -0.2) is 45.6 Å². The van der Waals surface area contributed by atoms with Gasteiger partial charge in [0.15, 0.2) is 4.87 Å². The first-order valence-electron chi connectivity index (χ1n) is 6.25. The summed E-state index contributed by atoms with van der Waals surface area (Å²) in [5.74, 6) is -3.05. The van der Waals surface area contributed by atoms with Gasteiger partial charge in [-0.15, -0.1) is 0 Å². The molecule has 0 bridgehead atoms. The fourth-order valence-corrected chi connectivity index (χ4v) is 4.13. The molecular formula is C11H15NO7S. The van der Waals surface area contributed by atoms with E-state index in [-0.39, 0.29) is 38.5 Å². The van der Waals surface area contributed by atoms with E-state index >= 15 is 0 Å². The molecule has 0 spiro atoms. The van der Waals surface area contributed by atoms with E-state index in [1.807, 2.05) is 0 Å². The first-order valence-corrected chi connectivity index (χ1v) is 7.69. The molecule has 2 aliphatic rings. The number of carboxylic acid groups (broad SMARTS) is 1. The van der Waals surface area contributed by atoms with E-state index in [0.717, 1.165) is 0 Å². The van der Waals surface area contributed by atoms with Gasteiger partial charge in [-0.2, -0.15) is 8.42 Å². The van der Waals surface area contributed by atoms with Crippen molar-refractivity contribution in [3.05, 3.63) is 0 Å². The van der Waals surface area contributed by atoms with Gasteiger partial charge in [0.25, 0.3) is 10.1 Å². The number of hydrogen-bond donors (Lipinski definition) is 2. The Bertz CT molecular complexity index is 543. The van der Waals surface area contributed by atoms with E-state index < -0.39 is 38.7 Å². The topological polar surface area (TPSA) is 129 Å². The molecule has 0 unspecified atom stereocenters. The van der Waals surface area contributed by atoms with Gasteiger partial charge in [0.05, 0.1) is 5.92 Å². The third-order valence-corrected chi connectivity index (χ3v) is 5.61. The quantitative estimate of drug-likeness (QED) is 0.554. The molecule has 8 nitrogen and oxygen atoms in total. The monoisotopic (exact) mass is 305 g/mol. The second kappa shape index (κ2) is 4.81. The number of carbonyl (C=O) groups excluding carboxylic acids is 2. The molecule has 2 N–H and O–H groups in total. The third-order valence-electron chi connectivity index (χ3n) is 4.06. The average molecular weight is 305 g/mol. The van der Waals surface area contributed by atoms with Crippen LogP contribution in [0.1, 0.15) is 38.5 Å². The van der Waals surface area contributed by atoms with Crippen LogP contribution in [0.2, 0.25) is 0 Å². The van der Waals surface area contributed by atoms with E-state index in [9.17, 15) is 27.4 Å². The standard InChI is InChI=1S/C11H15NO7S/c13-8-1-2-9(14)12(8)11(20(17,18)19)5-3-7(4-6-11)10(15)16/h7H,1-6H2,(H,15,16)(H,17,18,19). The van der Waals surface area contributed by atoms with Crippen LogP contribution in [-0.2, 0) is 24.5 Å². The number of amides is 2. The molecule has 112 valence electrons. The molecule has 2 fully saturated rings. The second-order valence-corrected chi connectivity index (χ2v) is 6.87. The predicted molar refractivity (Wildman–Crippen MR) is 65.0 cm³/mol. The van der Waals surface area contributed by atoms with Gasteiger partial charge in [0, 0.05) is 12.8 Å². The van der Waals surface area contributed by atoms with E-state index in [1.165, 1.54) is 0 Å². The maximum atomic E-state index is 11.8. The summed E-state index contributed by atoms with van der Waals surface area (Å²) in [6.07, 6.45) is -0.685. The number of rotatable bonds is 3. The minimum atomic E-state index is -4.69. The molecule has 1 aliphatic carbocycles. The Balaban J connectivity index is 2.37. The van der Waals surface area contributed by atoms with Gasteiger partial charge in [-0.1, -0.05) is 0 Å². The summed E-state index contributed by atoms with van der Waals surface area (Å²) in [6, 6.07) is 0. The van der Waals surface area contributed by atoms with Crippen molar-refractivity contribution in [1.82, 2.24) is 4.90 Å². The maximum Gasteiger partial charge on any atom is 0.306 e. The zero-order valence-electron chi connectivity index (χ0n) is 10.6. The van der Waals surface area contributed by atoms with E-state index in [0.29, 0.717) is 4.90 Å². The Kier molecular flexibility index (Phi) is 3.59. The van der Waals surface area contributed by atoms with E-state index in [4.69, 9.17) is 5.11 Å². The third kappa shape index (κ3) is 2.20. The van der Waals surface area contributed by atoms with Gasteiger partial charge in [0.2, 0.25) is 11.8 Å². The van der Waals surface area contributed by atoms with Crippen LogP contribution in [0, 0.1) is 5.92 Å². The van der Waals surface area contributed by atoms with Crippen molar-refractivity contribution >= 4 is 27.9 Å².